The van der Waals surface area contributed by atoms with E-state index in [0.717, 1.165) is 42.6 Å². The Bertz CT molecular complexity index is 704. The number of aromatic nitrogens is 2. The maximum absolute atomic E-state index is 12.5. The monoisotopic (exact) mass is 313 g/mol. The molecule has 0 fully saturated rings. The lowest BCUT2D eigenvalue weighted by molar-refractivity contribution is 0.0916. The predicted molar refractivity (Wildman–Crippen MR) is 89.0 cm³/mol. The Hall–Kier alpha value is -2.14. The zero-order valence-corrected chi connectivity index (χ0v) is 13.7. The van der Waals surface area contributed by atoms with Crippen molar-refractivity contribution < 1.29 is 9.90 Å². The van der Waals surface area contributed by atoms with Crippen molar-refractivity contribution in [3.63, 3.8) is 0 Å². The summed E-state index contributed by atoms with van der Waals surface area (Å²) in [7, 11) is 0. The molecule has 23 heavy (non-hydrogen) atoms. The average molecular weight is 313 g/mol. The molecular weight excluding hydrogens is 290 g/mol. The molecule has 1 aliphatic carbocycles. The summed E-state index contributed by atoms with van der Waals surface area (Å²) in [5.74, 6) is -0.199. The van der Waals surface area contributed by atoms with Gasteiger partial charge < -0.3 is 10.4 Å². The third kappa shape index (κ3) is 3.15. The van der Waals surface area contributed by atoms with Crippen molar-refractivity contribution in [1.82, 2.24) is 15.1 Å². The van der Waals surface area contributed by atoms with Gasteiger partial charge >= 0.3 is 0 Å². The van der Waals surface area contributed by atoms with Gasteiger partial charge in [-0.3, -0.25) is 4.79 Å². The number of hydrogen-bond acceptors (Lipinski definition) is 3. The van der Waals surface area contributed by atoms with E-state index >= 15 is 0 Å². The molecule has 2 N–H and O–H groups in total. The van der Waals surface area contributed by atoms with E-state index in [1.807, 2.05) is 16.8 Å². The highest BCUT2D eigenvalue weighted by atomic mass is 16.3. The lowest BCUT2D eigenvalue weighted by Crippen LogP contribution is -2.35. The number of aliphatic hydroxyl groups excluding tert-OH is 1. The van der Waals surface area contributed by atoms with E-state index in [2.05, 4.69) is 29.5 Å². The fourth-order valence-electron chi connectivity index (χ4n) is 3.02. The number of carbonyl (C=O) groups is 1. The number of benzene rings is 1. The molecule has 0 saturated carbocycles. The first-order valence-electron chi connectivity index (χ1n) is 8.19. The summed E-state index contributed by atoms with van der Waals surface area (Å²) in [6.07, 6.45) is 4.04. The fraction of sp³-hybridized carbons (Fsp3) is 0.444. The highest BCUT2D eigenvalue weighted by Crippen LogP contribution is 2.27. The van der Waals surface area contributed by atoms with Gasteiger partial charge in [-0.25, -0.2) is 4.68 Å². The zero-order valence-electron chi connectivity index (χ0n) is 13.7. The van der Waals surface area contributed by atoms with Gasteiger partial charge in [0.15, 0.2) is 5.69 Å². The molecule has 1 heterocycles. The SMILES string of the molecule is Cc1ccc(-n2nc(C(=O)NC(C)CO)c3c2CCCC3)cc1. The predicted octanol–water partition coefficient (Wildman–Crippen LogP) is 2.17. The number of aryl methyl sites for hydroxylation is 1. The molecule has 0 aliphatic heterocycles. The van der Waals surface area contributed by atoms with Gasteiger partial charge in [0.05, 0.1) is 12.3 Å². The highest BCUT2D eigenvalue weighted by molar-refractivity contribution is 5.94. The van der Waals surface area contributed by atoms with Crippen LogP contribution in [-0.4, -0.2) is 33.4 Å². The van der Waals surface area contributed by atoms with Crippen LogP contribution in [0.4, 0.5) is 0 Å². The van der Waals surface area contributed by atoms with Gasteiger partial charge in [0.1, 0.15) is 0 Å². The summed E-state index contributed by atoms with van der Waals surface area (Å²) in [5.41, 5.74) is 4.88. The molecule has 5 nitrogen and oxygen atoms in total. The fourth-order valence-corrected chi connectivity index (χ4v) is 3.02. The zero-order chi connectivity index (χ0) is 16.4. The van der Waals surface area contributed by atoms with Crippen molar-refractivity contribution in [2.75, 3.05) is 6.61 Å². The molecule has 0 radical (unpaired) electrons. The molecule has 1 atom stereocenters. The van der Waals surface area contributed by atoms with Gasteiger partial charge in [0.25, 0.3) is 5.91 Å². The number of nitrogens with zero attached hydrogens (tertiary/aromatic N) is 2. The molecule has 0 bridgehead atoms. The van der Waals surface area contributed by atoms with Crippen molar-refractivity contribution >= 4 is 5.91 Å². The number of amides is 1. The van der Waals surface area contributed by atoms with Crippen LogP contribution >= 0.6 is 0 Å². The first kappa shape index (κ1) is 15.7. The first-order valence-corrected chi connectivity index (χ1v) is 8.19. The summed E-state index contributed by atoms with van der Waals surface area (Å²) in [5, 5.41) is 16.5. The minimum Gasteiger partial charge on any atom is -0.394 e. The summed E-state index contributed by atoms with van der Waals surface area (Å²) in [6.45, 7) is 3.76. The van der Waals surface area contributed by atoms with E-state index < -0.39 is 0 Å². The smallest absolute Gasteiger partial charge is 0.272 e. The van der Waals surface area contributed by atoms with Crippen LogP contribution in [0.3, 0.4) is 0 Å². The molecule has 122 valence electrons. The van der Waals surface area contributed by atoms with E-state index in [-0.39, 0.29) is 18.6 Å². The number of nitrogens with one attached hydrogen (secondary N) is 1. The standard InChI is InChI=1S/C18H23N3O2/c1-12-7-9-14(10-8-12)21-16-6-4-3-5-15(16)17(20-21)18(23)19-13(2)11-22/h7-10,13,22H,3-6,11H2,1-2H3,(H,19,23). The summed E-state index contributed by atoms with van der Waals surface area (Å²) in [6, 6.07) is 7.91. The molecule has 1 amide bonds. The van der Waals surface area contributed by atoms with Crippen LogP contribution in [0.15, 0.2) is 24.3 Å². The van der Waals surface area contributed by atoms with E-state index in [1.165, 1.54) is 5.56 Å². The third-order valence-corrected chi connectivity index (χ3v) is 4.33. The number of hydrogen-bond donors (Lipinski definition) is 2. The second kappa shape index (κ2) is 6.54. The van der Waals surface area contributed by atoms with Crippen LogP contribution in [0.2, 0.25) is 0 Å². The Morgan fingerprint density at radius 3 is 2.70 bits per heavy atom. The number of rotatable bonds is 4. The second-order valence-corrected chi connectivity index (χ2v) is 6.29. The molecule has 1 aromatic carbocycles. The number of carbonyl (C=O) groups excluding carboxylic acids is 1. The normalized spacial score (nSPS) is 15.1. The second-order valence-electron chi connectivity index (χ2n) is 6.29. The summed E-state index contributed by atoms with van der Waals surface area (Å²) in [4.78, 5) is 12.5. The first-order chi connectivity index (χ1) is 11.1. The lowest BCUT2D eigenvalue weighted by atomic mass is 9.95. The van der Waals surface area contributed by atoms with Crippen LogP contribution < -0.4 is 5.32 Å². The van der Waals surface area contributed by atoms with Crippen molar-refractivity contribution in [3.8, 4) is 5.69 Å². The van der Waals surface area contributed by atoms with E-state index in [1.54, 1.807) is 6.92 Å². The summed E-state index contributed by atoms with van der Waals surface area (Å²) < 4.78 is 1.91. The highest BCUT2D eigenvalue weighted by Gasteiger charge is 2.26. The van der Waals surface area contributed by atoms with Crippen LogP contribution in [-0.2, 0) is 12.8 Å². The molecule has 3 rings (SSSR count). The minimum absolute atomic E-state index is 0.0768. The average Bonchev–Trinajstić information content (AvgIpc) is 2.95. The molecule has 0 saturated heterocycles. The Morgan fingerprint density at radius 2 is 2.00 bits per heavy atom. The van der Waals surface area contributed by atoms with Crippen molar-refractivity contribution in [3.05, 3.63) is 46.8 Å². The van der Waals surface area contributed by atoms with Crippen LogP contribution in [0.5, 0.6) is 0 Å². The Kier molecular flexibility index (Phi) is 4.48. The van der Waals surface area contributed by atoms with Gasteiger partial charge in [0.2, 0.25) is 0 Å². The largest absolute Gasteiger partial charge is 0.394 e. The Labute approximate surface area is 136 Å². The van der Waals surface area contributed by atoms with E-state index in [9.17, 15) is 4.79 Å². The van der Waals surface area contributed by atoms with Crippen molar-refractivity contribution in [1.29, 1.82) is 0 Å². The van der Waals surface area contributed by atoms with Crippen LogP contribution in [0.25, 0.3) is 5.69 Å². The van der Waals surface area contributed by atoms with Crippen LogP contribution in [0, 0.1) is 6.92 Å². The van der Waals surface area contributed by atoms with Gasteiger partial charge in [-0.05, 0) is 51.7 Å². The van der Waals surface area contributed by atoms with E-state index in [4.69, 9.17) is 5.11 Å². The van der Waals surface area contributed by atoms with Crippen molar-refractivity contribution in [2.24, 2.45) is 0 Å². The van der Waals surface area contributed by atoms with Crippen LogP contribution in [0.1, 0.15) is 47.1 Å². The minimum atomic E-state index is -0.272. The number of fused-ring (bicyclic) bond motifs is 1. The van der Waals surface area contributed by atoms with Gasteiger partial charge in [-0.15, -0.1) is 0 Å². The van der Waals surface area contributed by atoms with Gasteiger partial charge in [-0.1, -0.05) is 17.7 Å². The third-order valence-electron chi connectivity index (χ3n) is 4.33. The maximum atomic E-state index is 12.5. The molecule has 1 aromatic heterocycles. The molecule has 0 spiro atoms. The topological polar surface area (TPSA) is 67.2 Å². The van der Waals surface area contributed by atoms with E-state index in [0.29, 0.717) is 5.69 Å². The number of aliphatic hydroxyl groups is 1. The molecule has 1 aliphatic rings. The molecule has 1 unspecified atom stereocenters. The molecule has 5 heteroatoms. The van der Waals surface area contributed by atoms with Gasteiger partial charge in [-0.2, -0.15) is 5.10 Å². The summed E-state index contributed by atoms with van der Waals surface area (Å²) >= 11 is 0. The Morgan fingerprint density at radius 1 is 1.30 bits per heavy atom. The quantitative estimate of drug-likeness (QED) is 0.909. The lowest BCUT2D eigenvalue weighted by Gasteiger charge is -2.14. The van der Waals surface area contributed by atoms with Crippen molar-refractivity contribution in [2.45, 2.75) is 45.6 Å². The molecular formula is C18H23N3O2. The maximum Gasteiger partial charge on any atom is 0.272 e. The van der Waals surface area contributed by atoms with Gasteiger partial charge in [0, 0.05) is 17.3 Å². The Balaban J connectivity index is 2.01. The molecule has 2 aromatic rings.